The zero-order valence-corrected chi connectivity index (χ0v) is 10.6. The molecule has 0 radical (unpaired) electrons. The van der Waals surface area contributed by atoms with E-state index in [1.807, 2.05) is 6.92 Å². The molecule has 0 saturated carbocycles. The average molecular weight is 231 g/mol. The smallest absolute Gasteiger partial charge is 0.310 e. The van der Waals surface area contributed by atoms with Gasteiger partial charge in [0.15, 0.2) is 0 Å². The van der Waals surface area contributed by atoms with Gasteiger partial charge in [0.2, 0.25) is 0 Å². The van der Waals surface area contributed by atoms with E-state index in [1.165, 1.54) is 7.11 Å². The Kier molecular flexibility index (Phi) is 4.93. The number of ether oxygens (including phenoxy) is 1. The van der Waals surface area contributed by atoms with Crippen molar-refractivity contribution in [2.45, 2.75) is 39.7 Å². The zero-order valence-electron chi connectivity index (χ0n) is 10.6. The number of aliphatic carboxylic acids is 1. The summed E-state index contributed by atoms with van der Waals surface area (Å²) >= 11 is 0. The summed E-state index contributed by atoms with van der Waals surface area (Å²) in [4.78, 5) is 22.6. The topological polar surface area (TPSA) is 75.6 Å². The summed E-state index contributed by atoms with van der Waals surface area (Å²) in [5, 5.41) is 11.5. The van der Waals surface area contributed by atoms with Crippen molar-refractivity contribution >= 4 is 11.9 Å². The highest BCUT2D eigenvalue weighted by Crippen LogP contribution is 2.17. The predicted molar refractivity (Wildman–Crippen MR) is 60.1 cm³/mol. The van der Waals surface area contributed by atoms with Gasteiger partial charge in [0.1, 0.15) is 5.60 Å². The summed E-state index contributed by atoms with van der Waals surface area (Å²) in [6, 6.07) is 0. The van der Waals surface area contributed by atoms with Gasteiger partial charge in [-0.05, 0) is 27.2 Å². The summed E-state index contributed by atoms with van der Waals surface area (Å²) in [5.41, 5.74) is -1.87. The van der Waals surface area contributed by atoms with Crippen LogP contribution in [0.4, 0.5) is 0 Å². The molecule has 5 heteroatoms. The molecule has 1 atom stereocenters. The summed E-state index contributed by atoms with van der Waals surface area (Å²) in [5.74, 6) is -1.23. The first-order valence-corrected chi connectivity index (χ1v) is 5.26. The van der Waals surface area contributed by atoms with Crippen molar-refractivity contribution < 1.29 is 19.4 Å². The van der Waals surface area contributed by atoms with E-state index in [-0.39, 0.29) is 12.5 Å². The standard InChI is InChI=1S/C11H21NO4/c1-6-11(4,16-5)8(13)12-7-10(2,3)9(14)15/h6-7H2,1-5H3,(H,12,13)(H,14,15). The maximum atomic E-state index is 11.8. The van der Waals surface area contributed by atoms with Gasteiger partial charge in [-0.25, -0.2) is 0 Å². The first kappa shape index (κ1) is 14.9. The molecule has 0 bridgehead atoms. The van der Waals surface area contributed by atoms with Crippen LogP contribution in [0.3, 0.4) is 0 Å². The molecule has 0 heterocycles. The number of carbonyl (C=O) groups is 2. The molecular formula is C11H21NO4. The molecule has 0 spiro atoms. The number of carboxylic acid groups (broad SMARTS) is 1. The third-order valence-electron chi connectivity index (χ3n) is 2.88. The second-order valence-electron chi connectivity index (χ2n) is 4.66. The normalized spacial score (nSPS) is 15.3. The molecule has 5 nitrogen and oxygen atoms in total. The van der Waals surface area contributed by atoms with Gasteiger partial charge < -0.3 is 15.2 Å². The van der Waals surface area contributed by atoms with Gasteiger partial charge in [-0.2, -0.15) is 0 Å². The number of hydrogen-bond donors (Lipinski definition) is 2. The molecule has 94 valence electrons. The number of hydrogen-bond acceptors (Lipinski definition) is 3. The van der Waals surface area contributed by atoms with Crippen LogP contribution in [0.1, 0.15) is 34.1 Å². The Morgan fingerprint density at radius 3 is 2.12 bits per heavy atom. The van der Waals surface area contributed by atoms with E-state index in [0.29, 0.717) is 6.42 Å². The van der Waals surface area contributed by atoms with Gasteiger partial charge in [-0.1, -0.05) is 6.92 Å². The van der Waals surface area contributed by atoms with Crippen molar-refractivity contribution in [3.63, 3.8) is 0 Å². The Labute approximate surface area is 96.2 Å². The van der Waals surface area contributed by atoms with Gasteiger partial charge in [0.25, 0.3) is 5.91 Å². The van der Waals surface area contributed by atoms with E-state index in [1.54, 1.807) is 20.8 Å². The number of amides is 1. The van der Waals surface area contributed by atoms with Crippen molar-refractivity contribution in [1.29, 1.82) is 0 Å². The molecule has 0 aromatic carbocycles. The van der Waals surface area contributed by atoms with Gasteiger partial charge >= 0.3 is 5.97 Å². The summed E-state index contributed by atoms with van der Waals surface area (Å²) in [7, 11) is 1.46. The highest BCUT2D eigenvalue weighted by Gasteiger charge is 2.34. The summed E-state index contributed by atoms with van der Waals surface area (Å²) in [6.45, 7) is 6.72. The monoisotopic (exact) mass is 231 g/mol. The summed E-state index contributed by atoms with van der Waals surface area (Å²) in [6.07, 6.45) is 0.531. The van der Waals surface area contributed by atoms with Crippen molar-refractivity contribution in [2.75, 3.05) is 13.7 Å². The van der Waals surface area contributed by atoms with Crippen LogP contribution in [-0.4, -0.2) is 36.2 Å². The Hall–Kier alpha value is -1.10. The fraction of sp³-hybridized carbons (Fsp3) is 0.818. The fourth-order valence-electron chi connectivity index (χ4n) is 0.961. The minimum absolute atomic E-state index is 0.0834. The van der Waals surface area contributed by atoms with Crippen LogP contribution >= 0.6 is 0 Å². The van der Waals surface area contributed by atoms with Crippen molar-refractivity contribution in [1.82, 2.24) is 5.32 Å². The van der Waals surface area contributed by atoms with Crippen LogP contribution in [0.5, 0.6) is 0 Å². The number of carboxylic acids is 1. The highest BCUT2D eigenvalue weighted by molar-refractivity contribution is 5.85. The molecule has 0 aliphatic heterocycles. The Morgan fingerprint density at radius 1 is 1.31 bits per heavy atom. The van der Waals surface area contributed by atoms with E-state index in [0.717, 1.165) is 0 Å². The minimum Gasteiger partial charge on any atom is -0.481 e. The molecule has 1 unspecified atom stereocenters. The molecule has 1 amide bonds. The molecule has 0 saturated heterocycles. The lowest BCUT2D eigenvalue weighted by molar-refractivity contribution is -0.148. The van der Waals surface area contributed by atoms with Crippen LogP contribution in [0.15, 0.2) is 0 Å². The van der Waals surface area contributed by atoms with Gasteiger partial charge in [-0.15, -0.1) is 0 Å². The van der Waals surface area contributed by atoms with Crippen LogP contribution in [0, 0.1) is 5.41 Å². The molecule has 0 aromatic rings. The maximum Gasteiger partial charge on any atom is 0.310 e. The number of methoxy groups -OCH3 is 1. The van der Waals surface area contributed by atoms with E-state index in [9.17, 15) is 9.59 Å². The molecule has 16 heavy (non-hydrogen) atoms. The Balaban J connectivity index is 4.43. The average Bonchev–Trinajstić information content (AvgIpc) is 2.24. The lowest BCUT2D eigenvalue weighted by atomic mass is 9.93. The van der Waals surface area contributed by atoms with E-state index in [4.69, 9.17) is 9.84 Å². The van der Waals surface area contributed by atoms with Crippen LogP contribution in [-0.2, 0) is 14.3 Å². The second-order valence-corrected chi connectivity index (χ2v) is 4.66. The SMILES string of the molecule is CCC(C)(OC)C(=O)NCC(C)(C)C(=O)O. The number of carbonyl (C=O) groups excluding carboxylic acids is 1. The largest absolute Gasteiger partial charge is 0.481 e. The first-order valence-electron chi connectivity index (χ1n) is 5.26. The first-order chi connectivity index (χ1) is 7.19. The third-order valence-corrected chi connectivity index (χ3v) is 2.88. The lowest BCUT2D eigenvalue weighted by Crippen LogP contribution is -2.49. The number of rotatable bonds is 6. The second kappa shape index (κ2) is 5.30. The zero-order chi connectivity index (χ0) is 13.0. The Morgan fingerprint density at radius 2 is 1.81 bits per heavy atom. The Bertz CT molecular complexity index is 269. The number of nitrogens with one attached hydrogen (secondary N) is 1. The molecule has 0 rings (SSSR count). The lowest BCUT2D eigenvalue weighted by Gasteiger charge is -2.27. The molecule has 0 aromatic heterocycles. The molecular weight excluding hydrogens is 210 g/mol. The maximum absolute atomic E-state index is 11.8. The molecule has 0 aliphatic rings. The fourth-order valence-corrected chi connectivity index (χ4v) is 0.961. The predicted octanol–water partition coefficient (Wildman–Crippen LogP) is 1.03. The molecule has 0 aliphatic carbocycles. The van der Waals surface area contributed by atoms with Gasteiger partial charge in [-0.3, -0.25) is 9.59 Å². The van der Waals surface area contributed by atoms with Gasteiger partial charge in [0.05, 0.1) is 5.41 Å². The van der Waals surface area contributed by atoms with Crippen molar-refractivity contribution in [2.24, 2.45) is 5.41 Å². The van der Waals surface area contributed by atoms with Crippen molar-refractivity contribution in [3.05, 3.63) is 0 Å². The molecule has 0 fully saturated rings. The minimum atomic E-state index is -0.974. The van der Waals surface area contributed by atoms with Crippen molar-refractivity contribution in [3.8, 4) is 0 Å². The van der Waals surface area contributed by atoms with E-state index >= 15 is 0 Å². The molecule has 2 N–H and O–H groups in total. The van der Waals surface area contributed by atoms with Crippen LogP contribution in [0.25, 0.3) is 0 Å². The quantitative estimate of drug-likeness (QED) is 0.716. The summed E-state index contributed by atoms with van der Waals surface area (Å²) < 4.78 is 5.11. The highest BCUT2D eigenvalue weighted by atomic mass is 16.5. The van der Waals surface area contributed by atoms with Gasteiger partial charge in [0, 0.05) is 13.7 Å². The van der Waals surface area contributed by atoms with E-state index in [2.05, 4.69) is 5.32 Å². The van der Waals surface area contributed by atoms with E-state index < -0.39 is 17.0 Å². The van der Waals surface area contributed by atoms with Crippen LogP contribution < -0.4 is 5.32 Å². The third kappa shape index (κ3) is 3.48. The van der Waals surface area contributed by atoms with Crippen LogP contribution in [0.2, 0.25) is 0 Å².